The van der Waals surface area contributed by atoms with Gasteiger partial charge in [0.05, 0.1) is 12.0 Å². The van der Waals surface area contributed by atoms with E-state index >= 15 is 0 Å². The van der Waals surface area contributed by atoms with Crippen LogP contribution in [0.15, 0.2) is 59.5 Å². The lowest BCUT2D eigenvalue weighted by Crippen LogP contribution is -2.14. The monoisotopic (exact) mass is 393 g/mol. The first-order valence-electron chi connectivity index (χ1n) is 8.56. The Bertz CT molecular complexity index is 1250. The number of nitrogens with zero attached hydrogens (tertiary/aromatic N) is 3. The molecule has 4 aromatic rings. The zero-order chi connectivity index (χ0) is 19.3. The predicted molar refractivity (Wildman–Crippen MR) is 104 cm³/mol. The summed E-state index contributed by atoms with van der Waals surface area (Å²) in [6.45, 7) is 0.253. The van der Waals surface area contributed by atoms with Crippen molar-refractivity contribution < 1.29 is 14.0 Å². The van der Waals surface area contributed by atoms with E-state index in [0.29, 0.717) is 27.7 Å². The Morgan fingerprint density at radius 3 is 2.93 bits per heavy atom. The Morgan fingerprint density at radius 1 is 1.14 bits per heavy atom. The Kier molecular flexibility index (Phi) is 3.89. The van der Waals surface area contributed by atoms with Crippen LogP contribution in [0.4, 0.5) is 4.39 Å². The largest absolute Gasteiger partial charge is 0.466 e. The second kappa shape index (κ2) is 6.44. The van der Waals surface area contributed by atoms with E-state index in [2.05, 4.69) is 9.97 Å². The first-order valence-corrected chi connectivity index (χ1v) is 8.93. The van der Waals surface area contributed by atoms with E-state index in [0.717, 1.165) is 27.1 Å². The van der Waals surface area contributed by atoms with Gasteiger partial charge in [0.2, 0.25) is 0 Å². The SMILES string of the molecule is ON1C=Cc2c(-c3cc(-c4cc(Cl)ccc4F)nc4ncccc34)coc2C1. The van der Waals surface area contributed by atoms with Gasteiger partial charge in [-0.3, -0.25) is 10.3 Å². The average molecular weight is 394 g/mol. The normalized spacial score (nSPS) is 13.2. The number of halogens is 2. The minimum atomic E-state index is -0.414. The lowest BCUT2D eigenvalue weighted by molar-refractivity contribution is -0.0542. The smallest absolute Gasteiger partial charge is 0.160 e. The number of hydrogen-bond donors (Lipinski definition) is 1. The number of fused-ring (bicyclic) bond motifs is 2. The van der Waals surface area contributed by atoms with Crippen LogP contribution in [-0.2, 0) is 6.54 Å². The van der Waals surface area contributed by atoms with Crippen LogP contribution in [0.25, 0.3) is 39.5 Å². The molecule has 5 rings (SSSR count). The zero-order valence-electron chi connectivity index (χ0n) is 14.4. The van der Waals surface area contributed by atoms with Gasteiger partial charge < -0.3 is 4.42 Å². The molecule has 1 N–H and O–H groups in total. The van der Waals surface area contributed by atoms with Gasteiger partial charge >= 0.3 is 0 Å². The van der Waals surface area contributed by atoms with Crippen molar-refractivity contribution in [3.05, 3.63) is 77.2 Å². The van der Waals surface area contributed by atoms with Crippen LogP contribution in [0.3, 0.4) is 0 Å². The molecule has 0 saturated heterocycles. The number of furan rings is 1. The third kappa shape index (κ3) is 2.74. The van der Waals surface area contributed by atoms with Crippen LogP contribution in [0.2, 0.25) is 5.02 Å². The highest BCUT2D eigenvalue weighted by atomic mass is 35.5. The number of aromatic nitrogens is 2. The molecule has 4 heterocycles. The van der Waals surface area contributed by atoms with Crippen molar-refractivity contribution in [2.24, 2.45) is 0 Å². The van der Waals surface area contributed by atoms with Crippen molar-refractivity contribution in [3.63, 3.8) is 0 Å². The Balaban J connectivity index is 1.78. The van der Waals surface area contributed by atoms with E-state index in [4.69, 9.17) is 16.0 Å². The van der Waals surface area contributed by atoms with Gasteiger partial charge in [0.1, 0.15) is 18.1 Å². The van der Waals surface area contributed by atoms with Crippen molar-refractivity contribution in [2.45, 2.75) is 6.54 Å². The molecular formula is C21H13ClFN3O2. The average Bonchev–Trinajstić information content (AvgIpc) is 3.11. The number of pyridine rings is 2. The van der Waals surface area contributed by atoms with Crippen molar-refractivity contribution in [1.82, 2.24) is 15.0 Å². The fourth-order valence-corrected chi connectivity index (χ4v) is 3.57. The van der Waals surface area contributed by atoms with Crippen molar-refractivity contribution in [3.8, 4) is 22.4 Å². The van der Waals surface area contributed by atoms with Crippen molar-refractivity contribution in [1.29, 1.82) is 0 Å². The lowest BCUT2D eigenvalue weighted by atomic mass is 9.97. The van der Waals surface area contributed by atoms with Crippen LogP contribution in [0.1, 0.15) is 11.3 Å². The van der Waals surface area contributed by atoms with E-state index in [1.54, 1.807) is 30.8 Å². The summed E-state index contributed by atoms with van der Waals surface area (Å²) in [5.41, 5.74) is 3.72. The first-order chi connectivity index (χ1) is 13.6. The molecule has 7 heteroatoms. The third-order valence-corrected chi connectivity index (χ3v) is 4.94. The summed E-state index contributed by atoms with van der Waals surface area (Å²) in [5, 5.41) is 12.0. The molecular weight excluding hydrogens is 381 g/mol. The number of rotatable bonds is 2. The van der Waals surface area contributed by atoms with E-state index in [9.17, 15) is 9.60 Å². The maximum atomic E-state index is 14.5. The van der Waals surface area contributed by atoms with Gasteiger partial charge in [0.15, 0.2) is 5.65 Å². The molecule has 1 aliphatic heterocycles. The molecule has 5 nitrogen and oxygen atoms in total. The van der Waals surface area contributed by atoms with E-state index in [-0.39, 0.29) is 6.54 Å². The Labute approximate surface area is 164 Å². The number of hydroxylamine groups is 2. The predicted octanol–water partition coefficient (Wildman–Crippen LogP) is 5.52. The molecule has 3 aromatic heterocycles. The van der Waals surface area contributed by atoms with E-state index < -0.39 is 5.82 Å². The molecule has 0 radical (unpaired) electrons. The highest BCUT2D eigenvalue weighted by Crippen LogP contribution is 2.38. The van der Waals surface area contributed by atoms with Crippen molar-refractivity contribution in [2.75, 3.05) is 0 Å². The summed E-state index contributed by atoms with van der Waals surface area (Å²) < 4.78 is 20.1. The van der Waals surface area contributed by atoms with Gasteiger partial charge in [-0.2, -0.15) is 0 Å². The van der Waals surface area contributed by atoms with E-state index in [1.165, 1.54) is 12.1 Å². The maximum Gasteiger partial charge on any atom is 0.160 e. The summed E-state index contributed by atoms with van der Waals surface area (Å²) in [5.74, 6) is 0.229. The quantitative estimate of drug-likeness (QED) is 0.485. The summed E-state index contributed by atoms with van der Waals surface area (Å²) in [6, 6.07) is 9.91. The highest BCUT2D eigenvalue weighted by Gasteiger charge is 2.21. The lowest BCUT2D eigenvalue weighted by Gasteiger charge is -2.15. The second-order valence-corrected chi connectivity index (χ2v) is 6.89. The minimum absolute atomic E-state index is 0.253. The second-order valence-electron chi connectivity index (χ2n) is 6.45. The highest BCUT2D eigenvalue weighted by molar-refractivity contribution is 6.30. The molecule has 138 valence electrons. The maximum absolute atomic E-state index is 14.5. The first kappa shape index (κ1) is 16.9. The summed E-state index contributed by atoms with van der Waals surface area (Å²) >= 11 is 6.07. The summed E-state index contributed by atoms with van der Waals surface area (Å²) in [6.07, 6.45) is 6.63. The molecule has 0 bridgehead atoms. The van der Waals surface area contributed by atoms with Gasteiger partial charge in [0, 0.05) is 39.5 Å². The molecule has 0 saturated carbocycles. The molecule has 0 spiro atoms. The fourth-order valence-electron chi connectivity index (χ4n) is 3.39. The number of hydrogen-bond acceptors (Lipinski definition) is 5. The van der Waals surface area contributed by atoms with Crippen LogP contribution >= 0.6 is 11.6 Å². The van der Waals surface area contributed by atoms with Gasteiger partial charge in [-0.15, -0.1) is 0 Å². The Hall–Kier alpha value is -3.22. The molecule has 0 amide bonds. The summed E-state index contributed by atoms with van der Waals surface area (Å²) in [7, 11) is 0. The molecule has 1 aliphatic rings. The van der Waals surface area contributed by atoms with Crippen LogP contribution in [0, 0.1) is 5.82 Å². The zero-order valence-corrected chi connectivity index (χ0v) is 15.2. The fraction of sp³-hybridized carbons (Fsp3) is 0.0476. The molecule has 28 heavy (non-hydrogen) atoms. The minimum Gasteiger partial charge on any atom is -0.466 e. The molecule has 0 aliphatic carbocycles. The van der Waals surface area contributed by atoms with Crippen LogP contribution < -0.4 is 0 Å². The van der Waals surface area contributed by atoms with E-state index in [1.807, 2.05) is 18.2 Å². The van der Waals surface area contributed by atoms with Gasteiger partial charge in [-0.1, -0.05) is 11.6 Å². The molecule has 1 aromatic carbocycles. The topological polar surface area (TPSA) is 62.4 Å². The van der Waals surface area contributed by atoms with Gasteiger partial charge in [0.25, 0.3) is 0 Å². The number of benzene rings is 1. The molecule has 0 atom stereocenters. The van der Waals surface area contributed by atoms with Crippen LogP contribution in [-0.4, -0.2) is 20.2 Å². The molecule has 0 unspecified atom stereocenters. The van der Waals surface area contributed by atoms with Gasteiger partial charge in [-0.25, -0.2) is 14.4 Å². The van der Waals surface area contributed by atoms with Crippen molar-refractivity contribution >= 4 is 28.7 Å². The third-order valence-electron chi connectivity index (χ3n) is 4.71. The Morgan fingerprint density at radius 2 is 2.04 bits per heavy atom. The van der Waals surface area contributed by atoms with Gasteiger partial charge in [-0.05, 0) is 48.0 Å². The van der Waals surface area contributed by atoms with Crippen LogP contribution in [0.5, 0.6) is 0 Å². The standard InChI is InChI=1S/C21H13ClFN3O2/c22-12-3-4-18(23)16(8-12)19-9-15(14-2-1-6-24-21(14)25-19)17-11-28-20-10-26(27)7-5-13(17)20/h1-9,11,27H,10H2. The summed E-state index contributed by atoms with van der Waals surface area (Å²) in [4.78, 5) is 8.89. The molecule has 0 fully saturated rings.